The zero-order chi connectivity index (χ0) is 17.3. The summed E-state index contributed by atoms with van der Waals surface area (Å²) in [5.74, 6) is 0. The molecule has 1 fully saturated rings. The van der Waals surface area contributed by atoms with Gasteiger partial charge in [-0.3, -0.25) is 0 Å². The van der Waals surface area contributed by atoms with Gasteiger partial charge >= 0.3 is 0 Å². The van der Waals surface area contributed by atoms with Crippen LogP contribution < -0.4 is 4.90 Å². The van der Waals surface area contributed by atoms with Gasteiger partial charge in [0.1, 0.15) is 0 Å². The van der Waals surface area contributed by atoms with Gasteiger partial charge in [-0.25, -0.2) is 8.42 Å². The number of benzene rings is 2. The lowest BCUT2D eigenvalue weighted by Crippen LogP contribution is -2.48. The SMILES string of the molecule is Cc1ccc(C)c(S(=O)(=O)N2CCN(c3cccc(Cl)c3)CC2)c1. The smallest absolute Gasteiger partial charge is 0.243 e. The van der Waals surface area contributed by atoms with Crippen LogP contribution in [0.4, 0.5) is 5.69 Å². The topological polar surface area (TPSA) is 40.6 Å². The van der Waals surface area contributed by atoms with Crippen LogP contribution in [0.25, 0.3) is 0 Å². The molecule has 0 atom stereocenters. The molecule has 0 aliphatic carbocycles. The van der Waals surface area contributed by atoms with Crippen LogP contribution >= 0.6 is 11.6 Å². The van der Waals surface area contributed by atoms with Gasteiger partial charge in [0.15, 0.2) is 0 Å². The van der Waals surface area contributed by atoms with Gasteiger partial charge in [-0.15, -0.1) is 0 Å². The van der Waals surface area contributed by atoms with Crippen LogP contribution in [0.5, 0.6) is 0 Å². The van der Waals surface area contributed by atoms with E-state index in [0.29, 0.717) is 36.1 Å². The Morgan fingerprint density at radius 1 is 0.958 bits per heavy atom. The number of piperazine rings is 1. The molecule has 1 aliphatic heterocycles. The van der Waals surface area contributed by atoms with Crippen molar-refractivity contribution >= 4 is 27.3 Å². The van der Waals surface area contributed by atoms with Crippen molar-refractivity contribution < 1.29 is 8.42 Å². The van der Waals surface area contributed by atoms with E-state index in [4.69, 9.17) is 11.6 Å². The minimum Gasteiger partial charge on any atom is -0.369 e. The van der Waals surface area contributed by atoms with E-state index < -0.39 is 10.0 Å². The molecular formula is C18H21ClN2O2S. The van der Waals surface area contributed by atoms with E-state index in [9.17, 15) is 8.42 Å². The van der Waals surface area contributed by atoms with Crippen LogP contribution in [0.1, 0.15) is 11.1 Å². The van der Waals surface area contributed by atoms with Crippen molar-refractivity contribution in [2.75, 3.05) is 31.1 Å². The number of halogens is 1. The van der Waals surface area contributed by atoms with Crippen LogP contribution in [-0.4, -0.2) is 38.9 Å². The average Bonchev–Trinajstić information content (AvgIpc) is 2.57. The maximum Gasteiger partial charge on any atom is 0.243 e. The molecule has 1 saturated heterocycles. The minimum atomic E-state index is -3.45. The molecule has 6 heteroatoms. The van der Waals surface area contributed by atoms with Crippen molar-refractivity contribution in [3.05, 3.63) is 58.6 Å². The third-order valence-corrected chi connectivity index (χ3v) is 6.65. The average molecular weight is 365 g/mol. The summed E-state index contributed by atoms with van der Waals surface area (Å²) in [6.07, 6.45) is 0. The molecule has 4 nitrogen and oxygen atoms in total. The lowest BCUT2D eigenvalue weighted by molar-refractivity contribution is 0.384. The second kappa shape index (κ2) is 6.75. The summed E-state index contributed by atoms with van der Waals surface area (Å²) in [5, 5.41) is 0.693. The Kier molecular flexibility index (Phi) is 4.85. The highest BCUT2D eigenvalue weighted by Gasteiger charge is 2.29. The fourth-order valence-corrected chi connectivity index (χ4v) is 4.90. The zero-order valence-electron chi connectivity index (χ0n) is 13.9. The first kappa shape index (κ1) is 17.3. The Morgan fingerprint density at radius 2 is 1.67 bits per heavy atom. The lowest BCUT2D eigenvalue weighted by Gasteiger charge is -2.35. The molecule has 0 unspecified atom stereocenters. The molecule has 2 aromatic rings. The third kappa shape index (κ3) is 3.43. The predicted octanol–water partition coefficient (Wildman–Crippen LogP) is 3.47. The van der Waals surface area contributed by atoms with Gasteiger partial charge in [-0.05, 0) is 49.2 Å². The van der Waals surface area contributed by atoms with E-state index in [1.165, 1.54) is 0 Å². The molecule has 0 radical (unpaired) electrons. The van der Waals surface area contributed by atoms with E-state index in [1.54, 1.807) is 10.4 Å². The van der Waals surface area contributed by atoms with Gasteiger partial charge in [0.05, 0.1) is 4.90 Å². The molecule has 3 rings (SSSR count). The maximum atomic E-state index is 12.9. The summed E-state index contributed by atoms with van der Waals surface area (Å²) in [6.45, 7) is 6.02. The van der Waals surface area contributed by atoms with Gasteiger partial charge < -0.3 is 4.90 Å². The van der Waals surface area contributed by atoms with Crippen molar-refractivity contribution in [2.24, 2.45) is 0 Å². The number of hydrogen-bond donors (Lipinski definition) is 0. The quantitative estimate of drug-likeness (QED) is 0.837. The van der Waals surface area contributed by atoms with Crippen LogP contribution in [0.3, 0.4) is 0 Å². The summed E-state index contributed by atoms with van der Waals surface area (Å²) in [4.78, 5) is 2.58. The molecular weight excluding hydrogens is 344 g/mol. The Balaban J connectivity index is 1.77. The first-order valence-electron chi connectivity index (χ1n) is 7.96. The lowest BCUT2D eigenvalue weighted by atomic mass is 10.2. The largest absolute Gasteiger partial charge is 0.369 e. The minimum absolute atomic E-state index is 0.415. The third-order valence-electron chi connectivity index (χ3n) is 4.37. The summed E-state index contributed by atoms with van der Waals surface area (Å²) in [5.41, 5.74) is 2.78. The number of sulfonamides is 1. The zero-order valence-corrected chi connectivity index (χ0v) is 15.4. The standard InChI is InChI=1S/C18H21ClN2O2S/c1-14-6-7-15(2)18(12-14)24(22,23)21-10-8-20(9-11-21)17-5-3-4-16(19)13-17/h3-7,12-13H,8-11H2,1-2H3. The van der Waals surface area contributed by atoms with Crippen molar-refractivity contribution in [1.82, 2.24) is 4.31 Å². The molecule has 1 heterocycles. The Labute approximate surface area is 148 Å². The Bertz CT molecular complexity index is 844. The van der Waals surface area contributed by atoms with Crippen LogP contribution in [0.15, 0.2) is 47.4 Å². The Hall–Kier alpha value is -1.56. The summed E-state index contributed by atoms with van der Waals surface area (Å²) < 4.78 is 27.5. The number of aryl methyl sites for hydroxylation is 2. The summed E-state index contributed by atoms with van der Waals surface area (Å²) in [6, 6.07) is 13.2. The number of anilines is 1. The molecule has 1 aliphatic rings. The summed E-state index contributed by atoms with van der Waals surface area (Å²) in [7, 11) is -3.45. The molecule has 24 heavy (non-hydrogen) atoms. The van der Waals surface area contributed by atoms with E-state index in [1.807, 2.05) is 50.2 Å². The molecule has 0 saturated carbocycles. The predicted molar refractivity (Wildman–Crippen MR) is 98.3 cm³/mol. The maximum absolute atomic E-state index is 12.9. The number of nitrogens with zero attached hydrogens (tertiary/aromatic N) is 2. The highest BCUT2D eigenvalue weighted by atomic mass is 35.5. The van der Waals surface area contributed by atoms with Crippen LogP contribution in [0.2, 0.25) is 5.02 Å². The normalized spacial score (nSPS) is 16.4. The molecule has 0 spiro atoms. The molecule has 0 aromatic heterocycles. The Morgan fingerprint density at radius 3 is 2.33 bits per heavy atom. The van der Waals surface area contributed by atoms with Crippen LogP contribution in [0, 0.1) is 13.8 Å². The van der Waals surface area contributed by atoms with Crippen molar-refractivity contribution in [3.63, 3.8) is 0 Å². The monoisotopic (exact) mass is 364 g/mol. The van der Waals surface area contributed by atoms with E-state index >= 15 is 0 Å². The van der Waals surface area contributed by atoms with Crippen molar-refractivity contribution in [3.8, 4) is 0 Å². The van der Waals surface area contributed by atoms with Gasteiger partial charge in [0.25, 0.3) is 0 Å². The molecule has 0 N–H and O–H groups in total. The van der Waals surface area contributed by atoms with Crippen molar-refractivity contribution in [2.45, 2.75) is 18.7 Å². The highest BCUT2D eigenvalue weighted by Crippen LogP contribution is 2.25. The number of rotatable bonds is 3. The number of hydrogen-bond acceptors (Lipinski definition) is 3. The fraction of sp³-hybridized carbons (Fsp3) is 0.333. The van der Waals surface area contributed by atoms with Crippen molar-refractivity contribution in [1.29, 1.82) is 0 Å². The molecule has 2 aromatic carbocycles. The first-order valence-corrected chi connectivity index (χ1v) is 9.77. The van der Waals surface area contributed by atoms with E-state index in [0.717, 1.165) is 16.8 Å². The van der Waals surface area contributed by atoms with Gasteiger partial charge in [0, 0.05) is 36.9 Å². The molecule has 0 amide bonds. The van der Waals surface area contributed by atoms with Gasteiger partial charge in [-0.2, -0.15) is 4.31 Å². The van der Waals surface area contributed by atoms with E-state index in [2.05, 4.69) is 4.90 Å². The fourth-order valence-electron chi connectivity index (χ4n) is 2.98. The molecule has 0 bridgehead atoms. The highest BCUT2D eigenvalue weighted by molar-refractivity contribution is 7.89. The molecule has 128 valence electrons. The van der Waals surface area contributed by atoms with Gasteiger partial charge in [0.2, 0.25) is 10.0 Å². The second-order valence-corrected chi connectivity index (χ2v) is 8.48. The van der Waals surface area contributed by atoms with Gasteiger partial charge in [-0.1, -0.05) is 29.8 Å². The second-order valence-electron chi connectivity index (χ2n) is 6.14. The first-order chi connectivity index (χ1) is 11.4. The van der Waals surface area contributed by atoms with Crippen LogP contribution in [-0.2, 0) is 10.0 Å². The van der Waals surface area contributed by atoms with E-state index in [-0.39, 0.29) is 0 Å². The summed E-state index contributed by atoms with van der Waals surface area (Å²) >= 11 is 6.04.